The highest BCUT2D eigenvalue weighted by Gasteiger charge is 2.27. The van der Waals surface area contributed by atoms with E-state index in [2.05, 4.69) is 12.1 Å². The maximum atomic E-state index is 12.7. The van der Waals surface area contributed by atoms with Gasteiger partial charge in [0.2, 0.25) is 0 Å². The molecule has 1 aliphatic rings. The maximum absolute atomic E-state index is 12.7. The molecule has 2 rings (SSSR count). The lowest BCUT2D eigenvalue weighted by Gasteiger charge is -2.27. The molecule has 1 aromatic heterocycles. The molecule has 0 radical (unpaired) electrons. The van der Waals surface area contributed by atoms with Gasteiger partial charge in [-0.1, -0.05) is 6.07 Å². The van der Waals surface area contributed by atoms with Crippen LogP contribution in [0.25, 0.3) is 0 Å². The predicted molar refractivity (Wildman–Crippen MR) is 111 cm³/mol. The highest BCUT2D eigenvalue weighted by molar-refractivity contribution is 5.87. The molecule has 6 nitrogen and oxygen atoms in total. The van der Waals surface area contributed by atoms with Crippen molar-refractivity contribution in [1.82, 2.24) is 4.98 Å². The van der Waals surface area contributed by atoms with Crippen LogP contribution in [0.5, 0.6) is 0 Å². The number of pyridine rings is 1. The molecule has 0 atom stereocenters. The van der Waals surface area contributed by atoms with Gasteiger partial charge in [0.1, 0.15) is 11.4 Å². The largest absolute Gasteiger partial charge is 0.443 e. The van der Waals surface area contributed by atoms with E-state index in [1.54, 1.807) is 4.90 Å². The van der Waals surface area contributed by atoms with Crippen molar-refractivity contribution in [2.75, 3.05) is 24.7 Å². The maximum Gasteiger partial charge on any atom is 0.416 e. The number of carbonyl (C=O) groups excluding carboxylic acids is 1. The number of aryl methyl sites for hydroxylation is 2. The number of fused-ring (bicyclic) bond motifs is 1. The van der Waals surface area contributed by atoms with Crippen molar-refractivity contribution in [3.05, 3.63) is 23.4 Å². The standard InChI is InChI=1S/C22H36N2O4/c1-6-26-19(27-7-2)13-10-12-18-15-14-17-11-8-9-16-24(20(17)23-18)21(25)28-22(3,4)5/h14-15,19H,6-13,16H2,1-5H3. The predicted octanol–water partition coefficient (Wildman–Crippen LogP) is 4.88. The van der Waals surface area contributed by atoms with Crippen molar-refractivity contribution in [2.24, 2.45) is 0 Å². The summed E-state index contributed by atoms with van der Waals surface area (Å²) in [5, 5.41) is 0. The Morgan fingerprint density at radius 2 is 1.89 bits per heavy atom. The van der Waals surface area contributed by atoms with E-state index < -0.39 is 5.60 Å². The Balaban J connectivity index is 2.08. The van der Waals surface area contributed by atoms with E-state index in [1.165, 1.54) is 0 Å². The van der Waals surface area contributed by atoms with Crippen LogP contribution in [0.3, 0.4) is 0 Å². The molecule has 0 N–H and O–H groups in total. The lowest BCUT2D eigenvalue weighted by molar-refractivity contribution is -0.140. The molecule has 6 heteroatoms. The van der Waals surface area contributed by atoms with Crippen LogP contribution in [-0.4, -0.2) is 42.7 Å². The van der Waals surface area contributed by atoms with Crippen molar-refractivity contribution in [1.29, 1.82) is 0 Å². The monoisotopic (exact) mass is 392 g/mol. The normalized spacial score (nSPS) is 14.7. The number of aromatic nitrogens is 1. The summed E-state index contributed by atoms with van der Waals surface area (Å²) in [5.74, 6) is 0.760. The molecule has 2 heterocycles. The van der Waals surface area contributed by atoms with E-state index in [9.17, 15) is 4.79 Å². The van der Waals surface area contributed by atoms with Gasteiger partial charge in [0.25, 0.3) is 0 Å². The van der Waals surface area contributed by atoms with E-state index in [-0.39, 0.29) is 12.4 Å². The summed E-state index contributed by atoms with van der Waals surface area (Å²) in [4.78, 5) is 19.3. The first kappa shape index (κ1) is 22.6. The molecule has 1 aromatic rings. The highest BCUT2D eigenvalue weighted by atomic mass is 16.7. The summed E-state index contributed by atoms with van der Waals surface area (Å²) >= 11 is 0. The molecule has 1 amide bonds. The molecular formula is C22H36N2O4. The molecule has 0 saturated heterocycles. The molecule has 1 aliphatic heterocycles. The van der Waals surface area contributed by atoms with E-state index >= 15 is 0 Å². The Labute approximate surface area is 169 Å². The van der Waals surface area contributed by atoms with E-state index in [4.69, 9.17) is 19.2 Å². The van der Waals surface area contributed by atoms with Crippen LogP contribution in [-0.2, 0) is 27.1 Å². The van der Waals surface area contributed by atoms with Gasteiger partial charge < -0.3 is 14.2 Å². The zero-order valence-corrected chi connectivity index (χ0v) is 18.1. The lowest BCUT2D eigenvalue weighted by atomic mass is 10.1. The second-order valence-electron chi connectivity index (χ2n) is 8.11. The van der Waals surface area contributed by atoms with Crippen molar-refractivity contribution >= 4 is 11.9 Å². The third-order valence-electron chi connectivity index (χ3n) is 4.54. The molecule has 158 valence electrons. The van der Waals surface area contributed by atoms with Gasteiger partial charge >= 0.3 is 6.09 Å². The quantitative estimate of drug-likeness (QED) is 0.590. The van der Waals surface area contributed by atoms with Gasteiger partial charge in [-0.15, -0.1) is 0 Å². The van der Waals surface area contributed by atoms with Crippen LogP contribution in [0, 0.1) is 0 Å². The Kier molecular flexibility index (Phi) is 8.70. The molecule has 0 spiro atoms. The summed E-state index contributed by atoms with van der Waals surface area (Å²) in [7, 11) is 0. The van der Waals surface area contributed by atoms with Crippen LogP contribution < -0.4 is 4.90 Å². The van der Waals surface area contributed by atoms with Crippen molar-refractivity contribution in [2.45, 2.75) is 85.0 Å². The third-order valence-corrected chi connectivity index (χ3v) is 4.54. The van der Waals surface area contributed by atoms with Gasteiger partial charge in [-0.3, -0.25) is 4.90 Å². The Morgan fingerprint density at radius 3 is 2.54 bits per heavy atom. The average molecular weight is 393 g/mol. The van der Waals surface area contributed by atoms with Gasteiger partial charge in [0.15, 0.2) is 6.29 Å². The van der Waals surface area contributed by atoms with E-state index in [0.717, 1.165) is 55.6 Å². The number of anilines is 1. The topological polar surface area (TPSA) is 60.9 Å². The Hall–Kier alpha value is -1.66. The van der Waals surface area contributed by atoms with Crippen LogP contribution in [0.15, 0.2) is 12.1 Å². The SMILES string of the molecule is CCOC(CCCc1ccc2c(n1)N(C(=O)OC(C)(C)C)CCCC2)OCC. The number of carbonyl (C=O) groups is 1. The number of amides is 1. The van der Waals surface area contributed by atoms with Gasteiger partial charge in [-0.2, -0.15) is 0 Å². The van der Waals surface area contributed by atoms with E-state index in [0.29, 0.717) is 19.8 Å². The van der Waals surface area contributed by atoms with Crippen LogP contribution in [0.1, 0.15) is 71.6 Å². The Bertz CT molecular complexity index is 621. The highest BCUT2D eigenvalue weighted by Crippen LogP contribution is 2.27. The molecule has 0 aliphatic carbocycles. The summed E-state index contributed by atoms with van der Waals surface area (Å²) in [6.45, 7) is 11.6. The van der Waals surface area contributed by atoms with Gasteiger partial charge in [0.05, 0.1) is 0 Å². The van der Waals surface area contributed by atoms with Crippen LogP contribution >= 0.6 is 0 Å². The first-order valence-electron chi connectivity index (χ1n) is 10.6. The molecule has 0 unspecified atom stereocenters. The first-order chi connectivity index (χ1) is 13.3. The van der Waals surface area contributed by atoms with Crippen molar-refractivity contribution in [3.8, 4) is 0 Å². The number of ether oxygens (including phenoxy) is 3. The minimum atomic E-state index is -0.519. The van der Waals surface area contributed by atoms with Crippen molar-refractivity contribution in [3.63, 3.8) is 0 Å². The molecule has 0 fully saturated rings. The van der Waals surface area contributed by atoms with Gasteiger partial charge in [-0.05, 0) is 84.8 Å². The summed E-state index contributed by atoms with van der Waals surface area (Å²) < 4.78 is 16.8. The number of rotatable bonds is 8. The fourth-order valence-electron chi connectivity index (χ4n) is 3.31. The molecule has 0 aromatic carbocycles. The number of hydrogen-bond acceptors (Lipinski definition) is 5. The van der Waals surface area contributed by atoms with Crippen LogP contribution in [0.2, 0.25) is 0 Å². The van der Waals surface area contributed by atoms with Gasteiger partial charge in [-0.25, -0.2) is 9.78 Å². The average Bonchev–Trinajstić information content (AvgIpc) is 2.83. The summed E-state index contributed by atoms with van der Waals surface area (Å²) in [6, 6.07) is 4.19. The molecule has 0 saturated carbocycles. The summed E-state index contributed by atoms with van der Waals surface area (Å²) in [6.07, 6.45) is 5.05. The van der Waals surface area contributed by atoms with Crippen molar-refractivity contribution < 1.29 is 19.0 Å². The van der Waals surface area contributed by atoms with Crippen LogP contribution in [0.4, 0.5) is 10.6 Å². The fraction of sp³-hybridized carbons (Fsp3) is 0.727. The zero-order valence-electron chi connectivity index (χ0n) is 18.1. The van der Waals surface area contributed by atoms with Gasteiger partial charge in [0, 0.05) is 25.5 Å². The summed E-state index contributed by atoms with van der Waals surface area (Å²) in [5.41, 5.74) is 1.59. The first-order valence-corrected chi connectivity index (χ1v) is 10.6. The minimum Gasteiger partial charge on any atom is -0.443 e. The second kappa shape index (κ2) is 10.8. The second-order valence-corrected chi connectivity index (χ2v) is 8.11. The number of nitrogens with zero attached hydrogens (tertiary/aromatic N) is 2. The van der Waals surface area contributed by atoms with E-state index in [1.807, 2.05) is 34.6 Å². The molecule has 28 heavy (non-hydrogen) atoms. The smallest absolute Gasteiger partial charge is 0.416 e. The third kappa shape index (κ3) is 7.06. The molecular weight excluding hydrogens is 356 g/mol. The zero-order chi connectivity index (χ0) is 20.6. The molecule has 0 bridgehead atoms. The lowest BCUT2D eigenvalue weighted by Crippen LogP contribution is -2.38. The minimum absolute atomic E-state index is 0.158. The Morgan fingerprint density at radius 1 is 1.18 bits per heavy atom. The fourth-order valence-corrected chi connectivity index (χ4v) is 3.31. The number of hydrogen-bond donors (Lipinski definition) is 0.